The summed E-state index contributed by atoms with van der Waals surface area (Å²) >= 11 is 0. The second kappa shape index (κ2) is 6.92. The molecule has 21 heavy (non-hydrogen) atoms. The molecule has 0 aromatic heterocycles. The number of carboxylic acid groups (broad SMARTS) is 1. The highest BCUT2D eigenvalue weighted by Crippen LogP contribution is 2.20. The van der Waals surface area contributed by atoms with E-state index in [0.717, 1.165) is 0 Å². The average molecular weight is 291 g/mol. The van der Waals surface area contributed by atoms with Gasteiger partial charge in [0.05, 0.1) is 0 Å². The Labute approximate surface area is 124 Å². The fourth-order valence-electron chi connectivity index (χ4n) is 1.72. The molecular formula is C16H21NO4. The maximum Gasteiger partial charge on any atom is 0.326 e. The van der Waals surface area contributed by atoms with E-state index in [-0.39, 0.29) is 0 Å². The Morgan fingerprint density at radius 2 is 1.90 bits per heavy atom. The van der Waals surface area contributed by atoms with E-state index in [9.17, 15) is 14.7 Å². The van der Waals surface area contributed by atoms with E-state index >= 15 is 0 Å². The van der Waals surface area contributed by atoms with Gasteiger partial charge in [0, 0.05) is 5.56 Å². The number of amides is 1. The molecule has 1 amide bonds. The summed E-state index contributed by atoms with van der Waals surface area (Å²) in [6.07, 6.45) is 1.63. The average Bonchev–Trinajstić information content (AvgIpc) is 2.41. The lowest BCUT2D eigenvalue weighted by Crippen LogP contribution is -2.49. The normalized spacial score (nSPS) is 12.3. The van der Waals surface area contributed by atoms with Gasteiger partial charge in [0.15, 0.2) is 0 Å². The van der Waals surface area contributed by atoms with Crippen molar-refractivity contribution in [3.63, 3.8) is 0 Å². The van der Waals surface area contributed by atoms with Crippen molar-refractivity contribution in [1.82, 2.24) is 5.32 Å². The molecule has 114 valence electrons. The molecule has 0 bridgehead atoms. The third-order valence-corrected chi connectivity index (χ3v) is 2.87. The first-order valence-corrected chi connectivity index (χ1v) is 6.63. The van der Waals surface area contributed by atoms with Gasteiger partial charge in [-0.1, -0.05) is 33.4 Å². The molecule has 1 atom stereocenters. The van der Waals surface area contributed by atoms with Crippen LogP contribution in [-0.4, -0.2) is 29.6 Å². The minimum atomic E-state index is -1.05. The fraction of sp³-hybridized carbons (Fsp3) is 0.375. The van der Waals surface area contributed by atoms with Gasteiger partial charge in [-0.3, -0.25) is 4.79 Å². The summed E-state index contributed by atoms with van der Waals surface area (Å²) in [5.41, 5.74) is -0.189. The summed E-state index contributed by atoms with van der Waals surface area (Å²) in [4.78, 5) is 23.3. The van der Waals surface area contributed by atoms with Gasteiger partial charge in [0.25, 0.3) is 5.91 Å². The highest BCUT2D eigenvalue weighted by atomic mass is 16.5. The van der Waals surface area contributed by atoms with Crippen LogP contribution in [0.15, 0.2) is 36.9 Å². The van der Waals surface area contributed by atoms with Crippen LogP contribution in [0.3, 0.4) is 0 Å². The molecule has 5 nitrogen and oxygen atoms in total. The van der Waals surface area contributed by atoms with Crippen LogP contribution in [-0.2, 0) is 4.79 Å². The number of nitrogens with one attached hydrogen (secondary N) is 1. The summed E-state index contributed by atoms with van der Waals surface area (Å²) in [5.74, 6) is -0.855. The summed E-state index contributed by atoms with van der Waals surface area (Å²) in [5, 5.41) is 11.7. The molecule has 0 saturated carbocycles. The van der Waals surface area contributed by atoms with Gasteiger partial charge < -0.3 is 15.2 Å². The summed E-state index contributed by atoms with van der Waals surface area (Å²) in [7, 11) is 0. The smallest absolute Gasteiger partial charge is 0.326 e. The second-order valence-electron chi connectivity index (χ2n) is 5.73. The number of carbonyl (C=O) groups excluding carboxylic acids is 1. The summed E-state index contributed by atoms with van der Waals surface area (Å²) in [6.45, 7) is 9.22. The molecule has 0 unspecified atom stereocenters. The zero-order chi connectivity index (χ0) is 16.0. The molecular weight excluding hydrogens is 270 g/mol. The quantitative estimate of drug-likeness (QED) is 0.790. The molecule has 0 heterocycles. The summed E-state index contributed by atoms with van der Waals surface area (Å²) in [6, 6.07) is 5.54. The van der Waals surface area contributed by atoms with Gasteiger partial charge in [0.1, 0.15) is 18.4 Å². The highest BCUT2D eigenvalue weighted by Gasteiger charge is 2.32. The molecule has 5 heteroatoms. The minimum absolute atomic E-state index is 0.386. The largest absolute Gasteiger partial charge is 0.490 e. The van der Waals surface area contributed by atoms with Crippen LogP contribution < -0.4 is 10.1 Å². The van der Waals surface area contributed by atoms with E-state index in [1.54, 1.807) is 51.1 Å². The van der Waals surface area contributed by atoms with Crippen LogP contribution in [0.2, 0.25) is 0 Å². The first-order valence-electron chi connectivity index (χ1n) is 6.63. The molecule has 0 saturated heterocycles. The van der Waals surface area contributed by atoms with Gasteiger partial charge in [0.2, 0.25) is 0 Å². The van der Waals surface area contributed by atoms with E-state index in [2.05, 4.69) is 11.9 Å². The number of hydrogen-bond donors (Lipinski definition) is 2. The van der Waals surface area contributed by atoms with Crippen molar-refractivity contribution in [2.24, 2.45) is 5.41 Å². The molecule has 1 rings (SSSR count). The maximum absolute atomic E-state index is 12.1. The Morgan fingerprint density at radius 1 is 1.33 bits per heavy atom. The molecule has 0 aliphatic heterocycles. The zero-order valence-electron chi connectivity index (χ0n) is 12.6. The van der Waals surface area contributed by atoms with Crippen LogP contribution in [0.25, 0.3) is 0 Å². The Balaban J connectivity index is 2.79. The van der Waals surface area contributed by atoms with E-state index in [4.69, 9.17) is 4.74 Å². The number of rotatable bonds is 6. The number of hydrogen-bond acceptors (Lipinski definition) is 3. The van der Waals surface area contributed by atoms with Crippen LogP contribution in [0.1, 0.15) is 31.1 Å². The van der Waals surface area contributed by atoms with E-state index < -0.39 is 23.3 Å². The van der Waals surface area contributed by atoms with Crippen LogP contribution >= 0.6 is 0 Å². The summed E-state index contributed by atoms with van der Waals surface area (Å²) < 4.78 is 5.32. The fourth-order valence-corrected chi connectivity index (χ4v) is 1.72. The molecule has 0 aliphatic carbocycles. The molecule has 0 spiro atoms. The number of ether oxygens (including phenoxy) is 1. The minimum Gasteiger partial charge on any atom is -0.490 e. The van der Waals surface area contributed by atoms with Crippen molar-refractivity contribution in [3.8, 4) is 5.75 Å². The van der Waals surface area contributed by atoms with Crippen molar-refractivity contribution < 1.29 is 19.4 Å². The highest BCUT2D eigenvalue weighted by molar-refractivity contribution is 5.96. The zero-order valence-corrected chi connectivity index (χ0v) is 12.6. The third-order valence-electron chi connectivity index (χ3n) is 2.87. The van der Waals surface area contributed by atoms with E-state index in [1.165, 1.54) is 0 Å². The van der Waals surface area contributed by atoms with Crippen molar-refractivity contribution in [3.05, 3.63) is 42.5 Å². The molecule has 1 aromatic carbocycles. The molecule has 1 aromatic rings. The van der Waals surface area contributed by atoms with Crippen molar-refractivity contribution in [1.29, 1.82) is 0 Å². The first kappa shape index (κ1) is 16.8. The molecule has 0 fully saturated rings. The number of carboxylic acids is 1. The van der Waals surface area contributed by atoms with E-state index in [1.807, 2.05) is 0 Å². The Kier molecular flexibility index (Phi) is 5.52. The Bertz CT molecular complexity index is 514. The number of carbonyl (C=O) groups is 2. The lowest BCUT2D eigenvalue weighted by Gasteiger charge is -2.27. The SMILES string of the molecule is C=CCOc1ccc(C(=O)N[C@H](C(=O)O)C(C)(C)C)cc1. The number of benzene rings is 1. The van der Waals surface area contributed by atoms with Crippen molar-refractivity contribution in [2.45, 2.75) is 26.8 Å². The Hall–Kier alpha value is -2.30. The van der Waals surface area contributed by atoms with Crippen LogP contribution in [0.5, 0.6) is 5.75 Å². The molecule has 0 aliphatic rings. The first-order chi connectivity index (χ1) is 9.75. The standard InChI is InChI=1S/C16H21NO4/c1-5-10-21-12-8-6-11(7-9-12)14(18)17-13(15(19)20)16(2,3)4/h5-9,13H,1,10H2,2-4H3,(H,17,18)(H,19,20)/t13-/m1/s1. The maximum atomic E-state index is 12.1. The van der Waals surface area contributed by atoms with E-state index in [0.29, 0.717) is 17.9 Å². The van der Waals surface area contributed by atoms with Gasteiger partial charge in [-0.05, 0) is 29.7 Å². The molecule has 2 N–H and O–H groups in total. The lowest BCUT2D eigenvalue weighted by molar-refractivity contribution is -0.142. The Morgan fingerprint density at radius 3 is 2.33 bits per heavy atom. The van der Waals surface area contributed by atoms with Gasteiger partial charge in [-0.15, -0.1) is 0 Å². The van der Waals surface area contributed by atoms with Crippen LogP contribution in [0.4, 0.5) is 0 Å². The van der Waals surface area contributed by atoms with Gasteiger partial charge >= 0.3 is 5.97 Å². The third kappa shape index (κ3) is 4.95. The second-order valence-corrected chi connectivity index (χ2v) is 5.73. The number of aliphatic carboxylic acids is 1. The monoisotopic (exact) mass is 291 g/mol. The lowest BCUT2D eigenvalue weighted by atomic mass is 9.86. The van der Waals surface area contributed by atoms with Crippen molar-refractivity contribution >= 4 is 11.9 Å². The molecule has 0 radical (unpaired) electrons. The van der Waals surface area contributed by atoms with Crippen molar-refractivity contribution in [2.75, 3.05) is 6.61 Å². The van der Waals surface area contributed by atoms with Gasteiger partial charge in [-0.2, -0.15) is 0 Å². The van der Waals surface area contributed by atoms with Crippen LogP contribution in [0, 0.1) is 5.41 Å². The topological polar surface area (TPSA) is 75.6 Å². The van der Waals surface area contributed by atoms with Gasteiger partial charge in [-0.25, -0.2) is 4.79 Å². The predicted molar refractivity (Wildman–Crippen MR) is 80.5 cm³/mol. The predicted octanol–water partition coefficient (Wildman–Crippen LogP) is 2.48.